The first-order valence-electron chi connectivity index (χ1n) is 10.2. The molecule has 0 saturated heterocycles. The van der Waals surface area contributed by atoms with Crippen molar-refractivity contribution >= 4 is 22.9 Å². The molecule has 3 heterocycles. The van der Waals surface area contributed by atoms with Crippen molar-refractivity contribution in [1.82, 2.24) is 15.6 Å². The average molecular weight is 402 g/mol. The number of rotatable bonds is 2. The molecule has 3 nitrogen and oxygen atoms in total. The van der Waals surface area contributed by atoms with Crippen LogP contribution < -0.4 is 10.6 Å². The lowest BCUT2D eigenvalue weighted by Crippen LogP contribution is -2.25. The number of pyridine rings is 1. The minimum absolute atomic E-state index is 0.581. The Kier molecular flexibility index (Phi) is 5.91. The van der Waals surface area contributed by atoms with Crippen LogP contribution in [0.2, 0.25) is 0 Å². The van der Waals surface area contributed by atoms with Gasteiger partial charge in [-0.25, -0.2) is 0 Å². The molecule has 1 atom stereocenters. The third-order valence-corrected chi connectivity index (χ3v) is 5.86. The summed E-state index contributed by atoms with van der Waals surface area (Å²) in [5.74, 6) is 0.581. The lowest BCUT2D eigenvalue weighted by molar-refractivity contribution is 0.503. The first kappa shape index (κ1) is 19.6. The monoisotopic (exact) mass is 401 g/mol. The Morgan fingerprint density at radius 2 is 1.86 bits per heavy atom. The van der Waals surface area contributed by atoms with Crippen LogP contribution in [0.3, 0.4) is 0 Å². The summed E-state index contributed by atoms with van der Waals surface area (Å²) >= 11 is 5.19. The van der Waals surface area contributed by atoms with E-state index >= 15 is 0 Å². The van der Waals surface area contributed by atoms with Crippen LogP contribution in [0.5, 0.6) is 0 Å². The second kappa shape index (κ2) is 8.75. The van der Waals surface area contributed by atoms with Crippen LogP contribution in [0.15, 0.2) is 72.6 Å². The SMILES string of the molecule is C=C1CC=C(c2ccccc2)N1.Cc1ccc2c(n1)CC(C1=CCC(=S)N1)CC2. The van der Waals surface area contributed by atoms with Crippen LogP contribution >= 0.6 is 12.2 Å². The van der Waals surface area contributed by atoms with Gasteiger partial charge < -0.3 is 10.6 Å². The molecule has 5 rings (SSSR count). The number of aromatic nitrogens is 1. The molecule has 148 valence electrons. The van der Waals surface area contributed by atoms with Gasteiger partial charge >= 0.3 is 0 Å². The number of hydrogen-bond acceptors (Lipinski definition) is 3. The second-order valence-corrected chi connectivity index (χ2v) is 8.32. The van der Waals surface area contributed by atoms with Gasteiger partial charge in [0.1, 0.15) is 0 Å². The average Bonchev–Trinajstić information content (AvgIpc) is 3.37. The normalized spacial score (nSPS) is 20.0. The number of hydrogen-bond donors (Lipinski definition) is 2. The first-order chi connectivity index (χ1) is 14.1. The third-order valence-electron chi connectivity index (χ3n) is 5.59. The minimum atomic E-state index is 0.581. The van der Waals surface area contributed by atoms with E-state index < -0.39 is 0 Å². The number of nitrogens with zero attached hydrogens (tertiary/aromatic N) is 1. The molecular formula is C25H27N3S. The quantitative estimate of drug-likeness (QED) is 0.675. The predicted octanol–water partition coefficient (Wildman–Crippen LogP) is 5.23. The predicted molar refractivity (Wildman–Crippen MR) is 124 cm³/mol. The molecule has 0 amide bonds. The molecular weight excluding hydrogens is 374 g/mol. The number of allylic oxidation sites excluding steroid dienone is 2. The summed E-state index contributed by atoms with van der Waals surface area (Å²) in [5, 5.41) is 6.57. The molecule has 29 heavy (non-hydrogen) atoms. The van der Waals surface area contributed by atoms with Crippen molar-refractivity contribution in [2.75, 3.05) is 0 Å². The van der Waals surface area contributed by atoms with Crippen LogP contribution in [-0.2, 0) is 12.8 Å². The Morgan fingerprint density at radius 1 is 1.03 bits per heavy atom. The number of benzene rings is 1. The molecule has 0 fully saturated rings. The van der Waals surface area contributed by atoms with Crippen LogP contribution in [-0.4, -0.2) is 9.97 Å². The van der Waals surface area contributed by atoms with Gasteiger partial charge in [0.2, 0.25) is 0 Å². The van der Waals surface area contributed by atoms with Crippen molar-refractivity contribution in [3.05, 3.63) is 95.1 Å². The molecule has 1 aromatic carbocycles. The van der Waals surface area contributed by atoms with E-state index in [1.807, 2.05) is 18.2 Å². The van der Waals surface area contributed by atoms with Gasteiger partial charge in [0.25, 0.3) is 0 Å². The Bertz CT molecular complexity index is 988. The van der Waals surface area contributed by atoms with E-state index in [-0.39, 0.29) is 0 Å². The fraction of sp³-hybridized carbons (Fsp3) is 0.280. The van der Waals surface area contributed by atoms with Gasteiger partial charge in [-0.15, -0.1) is 0 Å². The van der Waals surface area contributed by atoms with Gasteiger partial charge in [0.15, 0.2) is 0 Å². The maximum Gasteiger partial charge on any atom is 0.0833 e. The summed E-state index contributed by atoms with van der Waals surface area (Å²) in [4.78, 5) is 5.63. The second-order valence-electron chi connectivity index (χ2n) is 7.83. The van der Waals surface area contributed by atoms with Crippen molar-refractivity contribution in [2.45, 2.75) is 39.0 Å². The molecule has 2 aromatic rings. The Morgan fingerprint density at radius 3 is 2.55 bits per heavy atom. The Hall–Kier alpha value is -2.72. The summed E-state index contributed by atoms with van der Waals surface area (Å²) in [6, 6.07) is 14.6. The fourth-order valence-electron chi connectivity index (χ4n) is 4.03. The smallest absolute Gasteiger partial charge is 0.0833 e. The molecule has 0 saturated carbocycles. The standard InChI is InChI=1S/C14H16N2S.C11H11N/c1-9-2-3-10-4-5-11(8-13(10)15-9)12-6-7-14(17)16-12;1-9-7-8-11(12-9)10-5-3-2-4-6-10/h2-3,6,11H,4-5,7-8H2,1H3,(H,16,17);2-6,8,12H,1,7H2. The van der Waals surface area contributed by atoms with Crippen LogP contribution in [0.25, 0.3) is 5.70 Å². The van der Waals surface area contributed by atoms with Crippen molar-refractivity contribution in [2.24, 2.45) is 5.92 Å². The van der Waals surface area contributed by atoms with Gasteiger partial charge in [-0.3, -0.25) is 4.98 Å². The number of aryl methyl sites for hydroxylation is 2. The van der Waals surface area contributed by atoms with Gasteiger partial charge in [-0.2, -0.15) is 0 Å². The lowest BCUT2D eigenvalue weighted by atomic mass is 9.85. The molecule has 0 radical (unpaired) electrons. The highest BCUT2D eigenvalue weighted by molar-refractivity contribution is 7.80. The zero-order valence-electron chi connectivity index (χ0n) is 16.9. The van der Waals surface area contributed by atoms with E-state index in [4.69, 9.17) is 12.2 Å². The highest BCUT2D eigenvalue weighted by Crippen LogP contribution is 2.30. The number of nitrogens with one attached hydrogen (secondary N) is 2. The summed E-state index contributed by atoms with van der Waals surface area (Å²) in [6.45, 7) is 5.93. The molecule has 0 bridgehead atoms. The van der Waals surface area contributed by atoms with Crippen LogP contribution in [0.4, 0.5) is 0 Å². The Balaban J connectivity index is 0.000000150. The molecule has 3 aliphatic rings. The summed E-state index contributed by atoms with van der Waals surface area (Å²) in [5.41, 5.74) is 8.64. The van der Waals surface area contributed by atoms with Crippen molar-refractivity contribution in [3.8, 4) is 0 Å². The van der Waals surface area contributed by atoms with Crippen molar-refractivity contribution < 1.29 is 0 Å². The van der Waals surface area contributed by atoms with Crippen LogP contribution in [0.1, 0.15) is 41.8 Å². The van der Waals surface area contributed by atoms with Gasteiger partial charge in [-0.1, -0.05) is 67.3 Å². The van der Waals surface area contributed by atoms with Crippen LogP contribution in [0, 0.1) is 12.8 Å². The number of fused-ring (bicyclic) bond motifs is 1. The van der Waals surface area contributed by atoms with Gasteiger partial charge in [-0.05, 0) is 43.4 Å². The maximum absolute atomic E-state index is 5.19. The molecule has 2 N–H and O–H groups in total. The zero-order valence-corrected chi connectivity index (χ0v) is 17.7. The first-order valence-corrected chi connectivity index (χ1v) is 10.6. The Labute approximate surface area is 178 Å². The van der Waals surface area contributed by atoms with E-state index in [1.165, 1.54) is 34.6 Å². The topological polar surface area (TPSA) is 37.0 Å². The summed E-state index contributed by atoms with van der Waals surface area (Å²) in [6.07, 6.45) is 9.67. The molecule has 1 aliphatic carbocycles. The van der Waals surface area contributed by atoms with E-state index in [0.717, 1.165) is 42.1 Å². The molecule has 2 aliphatic heterocycles. The third kappa shape index (κ3) is 4.83. The largest absolute Gasteiger partial charge is 0.359 e. The van der Waals surface area contributed by atoms with E-state index in [1.54, 1.807) is 0 Å². The number of thiocarbonyl (C=S) groups is 1. The van der Waals surface area contributed by atoms with Gasteiger partial charge in [0, 0.05) is 47.2 Å². The van der Waals surface area contributed by atoms with E-state index in [2.05, 4.69) is 65.5 Å². The maximum atomic E-state index is 5.19. The molecule has 1 unspecified atom stereocenters. The van der Waals surface area contributed by atoms with E-state index in [9.17, 15) is 0 Å². The zero-order chi connectivity index (χ0) is 20.2. The lowest BCUT2D eigenvalue weighted by Gasteiger charge is -2.25. The summed E-state index contributed by atoms with van der Waals surface area (Å²) in [7, 11) is 0. The molecule has 4 heteroatoms. The van der Waals surface area contributed by atoms with Crippen molar-refractivity contribution in [3.63, 3.8) is 0 Å². The fourth-order valence-corrected chi connectivity index (χ4v) is 4.24. The highest BCUT2D eigenvalue weighted by Gasteiger charge is 2.25. The molecule has 1 aromatic heterocycles. The summed E-state index contributed by atoms with van der Waals surface area (Å²) < 4.78 is 0. The molecule has 0 spiro atoms. The van der Waals surface area contributed by atoms with Crippen molar-refractivity contribution in [1.29, 1.82) is 0 Å². The minimum Gasteiger partial charge on any atom is -0.359 e. The highest BCUT2D eigenvalue weighted by atomic mass is 32.1. The van der Waals surface area contributed by atoms with E-state index in [0.29, 0.717) is 5.92 Å². The van der Waals surface area contributed by atoms with Gasteiger partial charge in [0.05, 0.1) is 4.99 Å².